The lowest BCUT2D eigenvalue weighted by atomic mass is 10.1. The highest BCUT2D eigenvalue weighted by Crippen LogP contribution is 2.28. The first-order valence-corrected chi connectivity index (χ1v) is 6.88. The third kappa shape index (κ3) is 2.46. The second-order valence-corrected chi connectivity index (χ2v) is 4.73. The van der Waals surface area contributed by atoms with Crippen LogP contribution in [0.1, 0.15) is 25.7 Å². The molecule has 0 saturated heterocycles. The summed E-state index contributed by atoms with van der Waals surface area (Å²) in [4.78, 5) is 13.9. The van der Waals surface area contributed by atoms with Crippen molar-refractivity contribution in [3.05, 3.63) is 30.3 Å². The summed E-state index contributed by atoms with van der Waals surface area (Å²) in [6.07, 6.45) is 4.74. The van der Waals surface area contributed by atoms with Crippen molar-refractivity contribution in [2.24, 2.45) is 0 Å². The minimum atomic E-state index is 0.165. The average molecular weight is 282 g/mol. The Kier molecular flexibility index (Phi) is 3.99. The van der Waals surface area contributed by atoms with Crippen LogP contribution in [0.2, 0.25) is 0 Å². The van der Waals surface area contributed by atoms with Crippen LogP contribution in [0.25, 0.3) is 0 Å². The molecule has 1 aromatic rings. The molecule has 2 rings (SSSR count). The summed E-state index contributed by atoms with van der Waals surface area (Å²) in [5, 5.41) is 0.401. The number of benzene rings is 1. The lowest BCUT2D eigenvalue weighted by molar-refractivity contribution is -0.116. The van der Waals surface area contributed by atoms with Gasteiger partial charge in [0.25, 0.3) is 0 Å². The van der Waals surface area contributed by atoms with Crippen molar-refractivity contribution >= 4 is 27.5 Å². The number of rotatable bonds is 3. The molecule has 1 amide bonds. The molecule has 2 nitrogen and oxygen atoms in total. The van der Waals surface area contributed by atoms with Gasteiger partial charge in [-0.2, -0.15) is 0 Å². The van der Waals surface area contributed by atoms with E-state index in [-0.39, 0.29) is 5.91 Å². The monoisotopic (exact) mass is 281 g/mol. The number of halogens is 1. The minimum Gasteiger partial charge on any atom is -0.309 e. The van der Waals surface area contributed by atoms with Crippen molar-refractivity contribution in [1.29, 1.82) is 0 Å². The number of amides is 1. The molecule has 1 aromatic carbocycles. The molecule has 0 bridgehead atoms. The van der Waals surface area contributed by atoms with Gasteiger partial charge in [0.05, 0.1) is 5.33 Å². The quantitative estimate of drug-likeness (QED) is 0.778. The van der Waals surface area contributed by atoms with Crippen molar-refractivity contribution in [1.82, 2.24) is 0 Å². The van der Waals surface area contributed by atoms with Crippen molar-refractivity contribution in [2.45, 2.75) is 31.7 Å². The summed E-state index contributed by atoms with van der Waals surface area (Å²) in [6.45, 7) is 0. The standard InChI is InChI=1S/C13H16BrNO/c14-10-13(16)15(12-8-4-5-9-12)11-6-2-1-3-7-11/h1-3,6-7,12H,4-5,8-10H2. The molecule has 0 unspecified atom stereocenters. The molecule has 0 N–H and O–H groups in total. The predicted molar refractivity (Wildman–Crippen MR) is 70.0 cm³/mol. The van der Waals surface area contributed by atoms with Crippen LogP contribution in [0.5, 0.6) is 0 Å². The predicted octanol–water partition coefficient (Wildman–Crippen LogP) is 3.36. The number of carbonyl (C=O) groups is 1. The second kappa shape index (κ2) is 5.48. The SMILES string of the molecule is O=C(CBr)N(c1ccccc1)C1CCCC1. The third-order valence-corrected chi connectivity index (χ3v) is 3.59. The number of alkyl halides is 1. The normalized spacial score (nSPS) is 16.3. The van der Waals surface area contributed by atoms with E-state index in [4.69, 9.17) is 0 Å². The molecule has 0 aromatic heterocycles. The van der Waals surface area contributed by atoms with Crippen LogP contribution in [-0.4, -0.2) is 17.3 Å². The van der Waals surface area contributed by atoms with Crippen molar-refractivity contribution in [3.63, 3.8) is 0 Å². The number of anilines is 1. The van der Waals surface area contributed by atoms with E-state index in [0.717, 1.165) is 18.5 Å². The fourth-order valence-corrected chi connectivity index (χ4v) is 2.64. The van der Waals surface area contributed by atoms with Gasteiger partial charge in [0.1, 0.15) is 0 Å². The zero-order valence-electron chi connectivity index (χ0n) is 9.23. The average Bonchev–Trinajstić information content (AvgIpc) is 2.84. The van der Waals surface area contributed by atoms with Gasteiger partial charge in [-0.1, -0.05) is 47.0 Å². The third-order valence-electron chi connectivity index (χ3n) is 3.11. The molecule has 1 fully saturated rings. The van der Waals surface area contributed by atoms with E-state index in [1.54, 1.807) is 0 Å². The van der Waals surface area contributed by atoms with Gasteiger partial charge in [0, 0.05) is 11.7 Å². The molecule has 0 atom stereocenters. The van der Waals surface area contributed by atoms with E-state index in [1.165, 1.54) is 12.8 Å². The molecule has 86 valence electrons. The smallest absolute Gasteiger partial charge is 0.237 e. The van der Waals surface area contributed by atoms with Crippen molar-refractivity contribution < 1.29 is 4.79 Å². The highest BCUT2D eigenvalue weighted by atomic mass is 79.9. The number of nitrogens with zero attached hydrogens (tertiary/aromatic N) is 1. The van der Waals surface area contributed by atoms with Crippen molar-refractivity contribution in [3.8, 4) is 0 Å². The molecule has 3 heteroatoms. The zero-order chi connectivity index (χ0) is 11.4. The zero-order valence-corrected chi connectivity index (χ0v) is 10.8. The maximum Gasteiger partial charge on any atom is 0.237 e. The van der Waals surface area contributed by atoms with Crippen LogP contribution < -0.4 is 4.90 Å². The Hall–Kier alpha value is -0.830. The molecular weight excluding hydrogens is 266 g/mol. The first kappa shape index (κ1) is 11.6. The maximum absolute atomic E-state index is 12.0. The molecule has 0 heterocycles. The molecular formula is C13H16BrNO. The summed E-state index contributed by atoms with van der Waals surface area (Å²) in [6, 6.07) is 10.4. The lowest BCUT2D eigenvalue weighted by Crippen LogP contribution is -2.39. The highest BCUT2D eigenvalue weighted by molar-refractivity contribution is 9.09. The summed E-state index contributed by atoms with van der Waals surface area (Å²) in [7, 11) is 0. The Balaban J connectivity index is 2.24. The van der Waals surface area contributed by atoms with Crippen LogP contribution in [0, 0.1) is 0 Å². The highest BCUT2D eigenvalue weighted by Gasteiger charge is 2.26. The summed E-state index contributed by atoms with van der Waals surface area (Å²) in [5.41, 5.74) is 1.03. The first-order chi connectivity index (χ1) is 7.83. The Morgan fingerprint density at radius 1 is 1.25 bits per heavy atom. The van der Waals surface area contributed by atoms with Gasteiger partial charge in [-0.3, -0.25) is 4.79 Å². The van der Waals surface area contributed by atoms with E-state index in [9.17, 15) is 4.79 Å². The number of carbonyl (C=O) groups excluding carboxylic acids is 1. The molecule has 0 spiro atoms. The summed E-state index contributed by atoms with van der Waals surface area (Å²) in [5.74, 6) is 0.165. The maximum atomic E-state index is 12.0. The van der Waals surface area contributed by atoms with E-state index in [0.29, 0.717) is 11.4 Å². The molecule has 1 aliphatic rings. The van der Waals surface area contributed by atoms with Crippen LogP contribution in [-0.2, 0) is 4.79 Å². The molecule has 0 aliphatic heterocycles. The van der Waals surface area contributed by atoms with Crippen LogP contribution >= 0.6 is 15.9 Å². The summed E-state index contributed by atoms with van der Waals surface area (Å²) >= 11 is 3.27. The number of hydrogen-bond acceptors (Lipinski definition) is 1. The largest absolute Gasteiger partial charge is 0.309 e. The Morgan fingerprint density at radius 3 is 2.44 bits per heavy atom. The van der Waals surface area contributed by atoms with Crippen LogP contribution in [0.4, 0.5) is 5.69 Å². The Morgan fingerprint density at radius 2 is 1.88 bits per heavy atom. The van der Waals surface area contributed by atoms with Gasteiger partial charge in [-0.15, -0.1) is 0 Å². The van der Waals surface area contributed by atoms with Gasteiger partial charge in [0.15, 0.2) is 0 Å². The van der Waals surface area contributed by atoms with E-state index >= 15 is 0 Å². The summed E-state index contributed by atoms with van der Waals surface area (Å²) < 4.78 is 0. The molecule has 1 saturated carbocycles. The van der Waals surface area contributed by atoms with Crippen LogP contribution in [0.15, 0.2) is 30.3 Å². The van der Waals surface area contributed by atoms with E-state index in [1.807, 2.05) is 35.2 Å². The van der Waals surface area contributed by atoms with E-state index < -0.39 is 0 Å². The fourth-order valence-electron chi connectivity index (χ4n) is 2.37. The van der Waals surface area contributed by atoms with Gasteiger partial charge < -0.3 is 4.90 Å². The molecule has 0 radical (unpaired) electrons. The topological polar surface area (TPSA) is 20.3 Å². The lowest BCUT2D eigenvalue weighted by Gasteiger charge is -2.28. The molecule has 16 heavy (non-hydrogen) atoms. The number of para-hydroxylation sites is 1. The minimum absolute atomic E-state index is 0.165. The van der Waals surface area contributed by atoms with Gasteiger partial charge in [0.2, 0.25) is 5.91 Å². The molecule has 1 aliphatic carbocycles. The van der Waals surface area contributed by atoms with Gasteiger partial charge in [-0.05, 0) is 25.0 Å². The van der Waals surface area contributed by atoms with Gasteiger partial charge in [-0.25, -0.2) is 0 Å². The van der Waals surface area contributed by atoms with E-state index in [2.05, 4.69) is 15.9 Å². The fraction of sp³-hybridized carbons (Fsp3) is 0.462. The Labute approximate surface area is 105 Å². The Bertz CT molecular complexity index is 346. The van der Waals surface area contributed by atoms with Gasteiger partial charge >= 0.3 is 0 Å². The van der Waals surface area contributed by atoms with Crippen molar-refractivity contribution in [2.75, 3.05) is 10.2 Å². The van der Waals surface area contributed by atoms with Crippen LogP contribution in [0.3, 0.4) is 0 Å². The number of hydrogen-bond donors (Lipinski definition) is 0. The second-order valence-electron chi connectivity index (χ2n) is 4.17. The first-order valence-electron chi connectivity index (χ1n) is 5.76.